The van der Waals surface area contributed by atoms with Gasteiger partial charge in [0.25, 0.3) is 0 Å². The van der Waals surface area contributed by atoms with E-state index in [9.17, 15) is 28.8 Å². The van der Waals surface area contributed by atoms with E-state index in [4.69, 9.17) is 14.6 Å². The minimum absolute atomic E-state index is 0.0405. The van der Waals surface area contributed by atoms with E-state index >= 15 is 0 Å². The fourth-order valence-electron chi connectivity index (χ4n) is 5.25. The van der Waals surface area contributed by atoms with E-state index in [0.29, 0.717) is 84.2 Å². The van der Waals surface area contributed by atoms with Crippen molar-refractivity contribution in [3.05, 3.63) is 0 Å². The summed E-state index contributed by atoms with van der Waals surface area (Å²) in [6.07, 6.45) is 20.5. The summed E-state index contributed by atoms with van der Waals surface area (Å²) < 4.78 is 10.7. The predicted molar refractivity (Wildman–Crippen MR) is 194 cm³/mol. The Labute approximate surface area is 300 Å². The van der Waals surface area contributed by atoms with E-state index in [0.717, 1.165) is 44.8 Å². The summed E-state index contributed by atoms with van der Waals surface area (Å²) in [6, 6.07) is -0.0545. The van der Waals surface area contributed by atoms with Gasteiger partial charge in [-0.3, -0.25) is 24.0 Å². The van der Waals surface area contributed by atoms with Crippen molar-refractivity contribution in [1.29, 1.82) is 0 Å². The summed E-state index contributed by atoms with van der Waals surface area (Å²) in [4.78, 5) is 68.5. The number of ether oxygens (including phenoxy) is 2. The van der Waals surface area contributed by atoms with Gasteiger partial charge in [0.05, 0.1) is 19.8 Å². The van der Waals surface area contributed by atoms with Crippen LogP contribution in [0.25, 0.3) is 0 Å². The fourth-order valence-corrected chi connectivity index (χ4v) is 5.25. The molecule has 0 bridgehead atoms. The minimum atomic E-state index is -0.695. The molecule has 0 aliphatic heterocycles. The standard InChI is InChI=1S/C37H68N4O9/c1-32(19-18-27-42)41-35(45)22-17-25-39-36(46)31-50-30-29-49-28-26-40-34(44)21-16-24-38-33(43)20-14-12-10-8-6-4-2-3-5-7-9-11-13-15-23-37(47)48/h27,32H,2-26,28-31H2,1H3,(H,38,43)(H,39,46)(H,40,44)(H,41,45)(H,47,48). The third-order valence-corrected chi connectivity index (χ3v) is 8.15. The highest BCUT2D eigenvalue weighted by Crippen LogP contribution is 2.13. The van der Waals surface area contributed by atoms with Crippen molar-refractivity contribution in [2.45, 2.75) is 154 Å². The molecule has 0 aromatic heterocycles. The molecule has 0 aromatic rings. The van der Waals surface area contributed by atoms with Crippen molar-refractivity contribution < 1.29 is 43.3 Å². The second-order valence-corrected chi connectivity index (χ2v) is 13.0. The molecule has 0 saturated heterocycles. The molecule has 290 valence electrons. The SMILES string of the molecule is CC(CCC=O)NC(=O)CCCNC(=O)COCCOCCNC(=O)CCCNC(=O)CCCCCCCCCCCCCCCCC(=O)O. The monoisotopic (exact) mass is 712 g/mol. The summed E-state index contributed by atoms with van der Waals surface area (Å²) in [5.74, 6) is -1.12. The van der Waals surface area contributed by atoms with E-state index in [-0.39, 0.29) is 42.9 Å². The fraction of sp³-hybridized carbons (Fsp3) is 0.838. The van der Waals surface area contributed by atoms with Crippen LogP contribution in [-0.4, -0.2) is 93.1 Å². The molecule has 0 rings (SSSR count). The number of aldehydes is 1. The van der Waals surface area contributed by atoms with Gasteiger partial charge in [-0.15, -0.1) is 0 Å². The lowest BCUT2D eigenvalue weighted by Crippen LogP contribution is -2.34. The molecule has 0 aliphatic rings. The lowest BCUT2D eigenvalue weighted by atomic mass is 10.0. The maximum Gasteiger partial charge on any atom is 0.303 e. The Morgan fingerprint density at radius 2 is 0.980 bits per heavy atom. The van der Waals surface area contributed by atoms with Gasteiger partial charge in [0.1, 0.15) is 12.9 Å². The van der Waals surface area contributed by atoms with Crippen molar-refractivity contribution >= 4 is 35.9 Å². The number of rotatable bonds is 37. The first-order valence-electron chi connectivity index (χ1n) is 19.1. The summed E-state index contributed by atoms with van der Waals surface area (Å²) in [5, 5.41) is 19.8. The van der Waals surface area contributed by atoms with Crippen LogP contribution in [0.3, 0.4) is 0 Å². The molecule has 4 amide bonds. The molecule has 5 N–H and O–H groups in total. The number of hydrogen-bond donors (Lipinski definition) is 5. The highest BCUT2D eigenvalue weighted by atomic mass is 16.5. The minimum Gasteiger partial charge on any atom is -0.481 e. The van der Waals surface area contributed by atoms with E-state index < -0.39 is 5.97 Å². The van der Waals surface area contributed by atoms with Crippen molar-refractivity contribution in [2.24, 2.45) is 0 Å². The van der Waals surface area contributed by atoms with Crippen molar-refractivity contribution in [3.8, 4) is 0 Å². The van der Waals surface area contributed by atoms with E-state index in [1.165, 1.54) is 51.4 Å². The van der Waals surface area contributed by atoms with E-state index in [2.05, 4.69) is 21.3 Å². The second kappa shape index (κ2) is 35.8. The first-order chi connectivity index (χ1) is 24.2. The smallest absolute Gasteiger partial charge is 0.303 e. The Morgan fingerprint density at radius 3 is 1.52 bits per heavy atom. The van der Waals surface area contributed by atoms with Crippen LogP contribution in [0.2, 0.25) is 0 Å². The number of carbonyl (C=O) groups is 6. The van der Waals surface area contributed by atoms with Crippen molar-refractivity contribution in [1.82, 2.24) is 21.3 Å². The highest BCUT2D eigenvalue weighted by molar-refractivity contribution is 5.78. The van der Waals surface area contributed by atoms with Crippen LogP contribution in [0.5, 0.6) is 0 Å². The average Bonchev–Trinajstić information content (AvgIpc) is 3.08. The Kier molecular flexibility index (Phi) is 33.6. The molecule has 0 saturated carbocycles. The maximum atomic E-state index is 12.0. The molecule has 13 nitrogen and oxygen atoms in total. The molecule has 0 aromatic carbocycles. The molecule has 0 heterocycles. The molecule has 0 fully saturated rings. The largest absolute Gasteiger partial charge is 0.481 e. The van der Waals surface area contributed by atoms with Gasteiger partial charge < -0.3 is 40.6 Å². The Hall–Kier alpha value is -3.06. The first-order valence-corrected chi connectivity index (χ1v) is 19.1. The number of carbonyl (C=O) groups excluding carboxylic acids is 5. The van der Waals surface area contributed by atoms with Gasteiger partial charge in [0.2, 0.25) is 23.6 Å². The predicted octanol–water partition coefficient (Wildman–Crippen LogP) is 4.74. The van der Waals surface area contributed by atoms with Gasteiger partial charge in [-0.05, 0) is 39.0 Å². The molecule has 13 heteroatoms. The molecule has 1 unspecified atom stereocenters. The molecule has 1 atom stereocenters. The van der Waals surface area contributed by atoms with Crippen molar-refractivity contribution in [2.75, 3.05) is 46.1 Å². The molecule has 0 spiro atoms. The summed E-state index contributed by atoms with van der Waals surface area (Å²) in [6.45, 7) is 3.83. The van der Waals surface area contributed by atoms with Crippen molar-refractivity contribution in [3.63, 3.8) is 0 Å². The van der Waals surface area contributed by atoms with Crippen LogP contribution < -0.4 is 21.3 Å². The Morgan fingerprint density at radius 1 is 0.540 bits per heavy atom. The quantitative estimate of drug-likeness (QED) is 0.0448. The summed E-state index contributed by atoms with van der Waals surface area (Å²) >= 11 is 0. The van der Waals surface area contributed by atoms with E-state index in [1.54, 1.807) is 0 Å². The topological polar surface area (TPSA) is 189 Å². The number of nitrogens with one attached hydrogen (secondary N) is 4. The van der Waals surface area contributed by atoms with Crippen LogP contribution in [-0.2, 0) is 38.2 Å². The molecule has 0 aliphatic carbocycles. The normalized spacial score (nSPS) is 11.5. The molecular weight excluding hydrogens is 644 g/mol. The third-order valence-electron chi connectivity index (χ3n) is 8.15. The van der Waals surface area contributed by atoms with Crippen LogP contribution in [0.4, 0.5) is 0 Å². The van der Waals surface area contributed by atoms with Gasteiger partial charge in [-0.1, -0.05) is 77.0 Å². The lowest BCUT2D eigenvalue weighted by molar-refractivity contribution is -0.137. The average molecular weight is 713 g/mol. The summed E-state index contributed by atoms with van der Waals surface area (Å²) in [7, 11) is 0. The number of aliphatic carboxylic acids is 1. The van der Waals surface area contributed by atoms with Gasteiger partial charge in [0, 0.05) is 57.8 Å². The van der Waals surface area contributed by atoms with Gasteiger partial charge in [-0.25, -0.2) is 0 Å². The third kappa shape index (κ3) is 36.2. The van der Waals surface area contributed by atoms with E-state index in [1.807, 2.05) is 6.92 Å². The molecular formula is C37H68N4O9. The lowest BCUT2D eigenvalue weighted by Gasteiger charge is -2.12. The Balaban J connectivity index is 3.41. The highest BCUT2D eigenvalue weighted by Gasteiger charge is 2.08. The van der Waals surface area contributed by atoms with Gasteiger partial charge in [0.15, 0.2) is 0 Å². The number of carboxylic acids is 1. The molecule has 50 heavy (non-hydrogen) atoms. The molecule has 0 radical (unpaired) electrons. The number of hydrogen-bond acceptors (Lipinski definition) is 8. The number of unbranched alkanes of at least 4 members (excludes halogenated alkanes) is 13. The van der Waals surface area contributed by atoms with Gasteiger partial charge in [-0.2, -0.15) is 0 Å². The number of carboxylic acid groups (broad SMARTS) is 1. The summed E-state index contributed by atoms with van der Waals surface area (Å²) in [5.41, 5.74) is 0. The van der Waals surface area contributed by atoms with Crippen LogP contribution in [0, 0.1) is 0 Å². The zero-order chi connectivity index (χ0) is 36.9. The zero-order valence-electron chi connectivity index (χ0n) is 30.9. The maximum absolute atomic E-state index is 12.0. The van der Waals surface area contributed by atoms with Gasteiger partial charge >= 0.3 is 5.97 Å². The van der Waals surface area contributed by atoms with Crippen LogP contribution >= 0.6 is 0 Å². The second-order valence-electron chi connectivity index (χ2n) is 13.0. The van der Waals surface area contributed by atoms with Crippen LogP contribution in [0.15, 0.2) is 0 Å². The zero-order valence-corrected chi connectivity index (χ0v) is 30.9. The first kappa shape index (κ1) is 46.9. The Bertz CT molecular complexity index is 904. The van der Waals surface area contributed by atoms with Crippen LogP contribution in [0.1, 0.15) is 148 Å². The number of amides is 4.